The fourth-order valence-electron chi connectivity index (χ4n) is 1.29. The van der Waals surface area contributed by atoms with Gasteiger partial charge in [0.15, 0.2) is 0 Å². The second kappa shape index (κ2) is 8.53. The van der Waals surface area contributed by atoms with Crippen LogP contribution in [0.4, 0.5) is 0 Å². The molecule has 0 aromatic heterocycles. The van der Waals surface area contributed by atoms with Crippen LogP contribution in [-0.2, 0) is 9.59 Å². The molecule has 106 valence electrons. The molecule has 0 N–H and O–H groups in total. The topological polar surface area (TPSA) is 34.1 Å². The third-order valence-corrected chi connectivity index (χ3v) is 12.9. The zero-order chi connectivity index (χ0) is 14.3. The summed E-state index contributed by atoms with van der Waals surface area (Å²) in [7, 11) is 0. The molecule has 0 rings (SSSR count). The van der Waals surface area contributed by atoms with Gasteiger partial charge in [-0.25, -0.2) is 0 Å². The van der Waals surface area contributed by atoms with Crippen LogP contribution in [0.3, 0.4) is 0 Å². The molecule has 0 amide bonds. The van der Waals surface area contributed by atoms with Crippen LogP contribution in [0.5, 0.6) is 0 Å². The summed E-state index contributed by atoms with van der Waals surface area (Å²) in [5, 5.41) is 1.04. The molecule has 0 aromatic carbocycles. The van der Waals surface area contributed by atoms with Gasteiger partial charge in [0.25, 0.3) is 0 Å². The number of ketones is 2. The van der Waals surface area contributed by atoms with E-state index in [0.29, 0.717) is 44.3 Å². The predicted octanol–water partition coefficient (Wildman–Crippen LogP) is 3.16. The van der Waals surface area contributed by atoms with Crippen molar-refractivity contribution in [1.82, 2.24) is 0 Å². The molecule has 0 unspecified atom stereocenters. The van der Waals surface area contributed by atoms with E-state index >= 15 is 0 Å². The van der Waals surface area contributed by atoms with Crippen LogP contribution in [0, 0.1) is 11.8 Å². The number of hydrogen-bond donors (Lipinski definition) is 0. The van der Waals surface area contributed by atoms with E-state index in [4.69, 9.17) is 0 Å². The van der Waals surface area contributed by atoms with Gasteiger partial charge in [0, 0.05) is 0 Å². The Balaban J connectivity index is 3.91. The third kappa shape index (κ3) is 8.48. The molecule has 0 saturated heterocycles. The Hall–Kier alpha value is 0.379. The molecule has 2 nitrogen and oxygen atoms in total. The van der Waals surface area contributed by atoms with Crippen LogP contribution in [0.1, 0.15) is 54.4 Å². The van der Waals surface area contributed by atoms with Gasteiger partial charge in [-0.3, -0.25) is 0 Å². The van der Waals surface area contributed by atoms with E-state index in [0.717, 1.165) is 11.7 Å². The molecular weight excluding hydrogens is 358 g/mol. The van der Waals surface area contributed by atoms with E-state index in [1.807, 2.05) is 27.7 Å². The summed E-state index contributed by atoms with van der Waals surface area (Å²) in [5.41, 5.74) is 0. The van der Waals surface area contributed by atoms with Crippen LogP contribution in [0.15, 0.2) is 0 Å². The molecule has 0 aliphatic carbocycles. The van der Waals surface area contributed by atoms with Crippen molar-refractivity contribution in [3.05, 3.63) is 0 Å². The van der Waals surface area contributed by atoms with Crippen molar-refractivity contribution < 1.29 is 9.59 Å². The first kappa shape index (κ1) is 18.4. The third-order valence-electron chi connectivity index (χ3n) is 2.60. The molecular formula is C14H26O2Se2. The molecule has 18 heavy (non-hydrogen) atoms. The molecule has 0 heterocycles. The monoisotopic (exact) mass is 386 g/mol. The molecule has 0 fully saturated rings. The van der Waals surface area contributed by atoms with E-state index < -0.39 is 0 Å². The van der Waals surface area contributed by atoms with Gasteiger partial charge in [0.05, 0.1) is 0 Å². The quantitative estimate of drug-likeness (QED) is 0.452. The Morgan fingerprint density at radius 2 is 1.50 bits per heavy atom. The molecule has 0 radical (unpaired) electrons. The Kier molecular flexibility index (Phi) is 8.71. The predicted molar refractivity (Wildman–Crippen MR) is 79.3 cm³/mol. The fourth-order valence-corrected chi connectivity index (χ4v) is 9.09. The molecule has 0 atom stereocenters. The maximum atomic E-state index is 11.8. The van der Waals surface area contributed by atoms with E-state index in [-0.39, 0.29) is 16.1 Å². The van der Waals surface area contributed by atoms with Crippen molar-refractivity contribution >= 4 is 37.8 Å². The summed E-state index contributed by atoms with van der Waals surface area (Å²) in [6.07, 6.45) is 1.43. The normalized spacial score (nSPS) is 12.2. The summed E-state index contributed by atoms with van der Waals surface area (Å²) in [6, 6.07) is 0. The van der Waals surface area contributed by atoms with Gasteiger partial charge in [-0.1, -0.05) is 0 Å². The van der Waals surface area contributed by atoms with E-state index in [2.05, 4.69) is 13.8 Å². The fraction of sp³-hybridized carbons (Fsp3) is 0.857. The van der Waals surface area contributed by atoms with Crippen LogP contribution < -0.4 is 0 Å². The van der Waals surface area contributed by atoms with Gasteiger partial charge in [-0.05, 0) is 0 Å². The van der Waals surface area contributed by atoms with E-state index in [1.54, 1.807) is 0 Å². The first-order valence-electron chi connectivity index (χ1n) is 6.52. The van der Waals surface area contributed by atoms with E-state index in [9.17, 15) is 9.59 Å². The Morgan fingerprint density at radius 3 is 1.94 bits per heavy atom. The van der Waals surface area contributed by atoms with Gasteiger partial charge in [0.2, 0.25) is 0 Å². The van der Waals surface area contributed by atoms with Crippen molar-refractivity contribution in [1.29, 1.82) is 0 Å². The molecule has 4 heteroatoms. The number of carbonyl (C=O) groups excluding carboxylic acids is 2. The zero-order valence-corrected chi connectivity index (χ0v) is 15.8. The summed E-state index contributed by atoms with van der Waals surface area (Å²) in [5.74, 6) is 1.07. The maximum absolute atomic E-state index is 11.8. The van der Waals surface area contributed by atoms with Crippen LogP contribution in [0.2, 0.25) is 9.63 Å². The molecule has 0 spiro atoms. The standard InChI is InChI=1S/C14H26O2Se2/c1-10(2)12(15)7-8-17-18-14(5,6)9-13(16)11(3)4/h10-11H,7-9H2,1-6H3. The van der Waals surface area contributed by atoms with Crippen molar-refractivity contribution in [3.8, 4) is 0 Å². The van der Waals surface area contributed by atoms with Crippen LogP contribution in [-0.4, -0.2) is 37.8 Å². The van der Waals surface area contributed by atoms with Gasteiger partial charge < -0.3 is 0 Å². The molecule has 0 saturated carbocycles. The average Bonchev–Trinajstić information content (AvgIpc) is 2.23. The minimum absolute atomic E-state index is 0.148. The van der Waals surface area contributed by atoms with Gasteiger partial charge in [-0.2, -0.15) is 0 Å². The van der Waals surface area contributed by atoms with E-state index in [1.165, 1.54) is 0 Å². The van der Waals surface area contributed by atoms with Gasteiger partial charge >= 0.3 is 123 Å². The molecule has 0 aliphatic heterocycles. The summed E-state index contributed by atoms with van der Waals surface area (Å²) < 4.78 is 0.162. The van der Waals surface area contributed by atoms with Crippen LogP contribution in [0.25, 0.3) is 0 Å². The second-order valence-corrected chi connectivity index (χ2v) is 14.2. The average molecular weight is 384 g/mol. The van der Waals surface area contributed by atoms with Crippen molar-refractivity contribution in [3.63, 3.8) is 0 Å². The Labute approximate surface area is 123 Å². The van der Waals surface area contributed by atoms with Gasteiger partial charge in [-0.15, -0.1) is 0 Å². The van der Waals surface area contributed by atoms with Crippen molar-refractivity contribution in [2.75, 3.05) is 0 Å². The molecule has 0 aromatic rings. The second-order valence-electron chi connectivity index (χ2n) is 5.83. The van der Waals surface area contributed by atoms with Crippen molar-refractivity contribution in [2.24, 2.45) is 11.8 Å². The van der Waals surface area contributed by atoms with Gasteiger partial charge in [0.1, 0.15) is 0 Å². The first-order chi connectivity index (χ1) is 8.15. The number of rotatable bonds is 9. The first-order valence-corrected chi connectivity index (χ1v) is 12.9. The SMILES string of the molecule is CC(C)C(=O)CC[Se][Se]C(C)(C)CC(=O)C(C)C. The number of hydrogen-bond acceptors (Lipinski definition) is 2. The summed E-state index contributed by atoms with van der Waals surface area (Å²) >= 11 is 1.04. The summed E-state index contributed by atoms with van der Waals surface area (Å²) in [4.78, 5) is 23.2. The Bertz CT molecular complexity index is 284. The van der Waals surface area contributed by atoms with Crippen molar-refractivity contribution in [2.45, 2.75) is 64.0 Å². The number of carbonyl (C=O) groups is 2. The Morgan fingerprint density at radius 1 is 1.00 bits per heavy atom. The molecule has 0 aliphatic rings. The zero-order valence-electron chi connectivity index (χ0n) is 12.4. The number of Topliss-reactive ketones (excluding diaryl/α,β-unsaturated/α-hetero) is 2. The van der Waals surface area contributed by atoms with Crippen LogP contribution >= 0.6 is 0 Å². The minimum atomic E-state index is 0.148. The summed E-state index contributed by atoms with van der Waals surface area (Å²) in [6.45, 7) is 12.3. The molecule has 0 bridgehead atoms.